The quantitative estimate of drug-likeness (QED) is 0.510. The molecule has 0 fully saturated rings. The van der Waals surface area contributed by atoms with Crippen molar-refractivity contribution >= 4 is 29.5 Å². The molecule has 0 aliphatic heterocycles. The number of anilines is 1. The highest BCUT2D eigenvalue weighted by atomic mass is 35.5. The summed E-state index contributed by atoms with van der Waals surface area (Å²) >= 11 is 5.70. The Morgan fingerprint density at radius 3 is 2.90 bits per heavy atom. The van der Waals surface area contributed by atoms with Crippen molar-refractivity contribution < 1.29 is 4.92 Å². The van der Waals surface area contributed by atoms with E-state index in [9.17, 15) is 14.9 Å². The Morgan fingerprint density at radius 1 is 1.48 bits per heavy atom. The van der Waals surface area contributed by atoms with Crippen LogP contribution in [0.5, 0.6) is 0 Å². The van der Waals surface area contributed by atoms with Crippen LogP contribution in [0.25, 0.3) is 0 Å². The van der Waals surface area contributed by atoms with Gasteiger partial charge in [0.15, 0.2) is 0 Å². The molecule has 0 unspecified atom stereocenters. The molecule has 0 aliphatic rings. The average Bonchev–Trinajstić information content (AvgIpc) is 2.39. The molecule has 0 spiro atoms. The summed E-state index contributed by atoms with van der Waals surface area (Å²) in [4.78, 5) is 27.9. The van der Waals surface area contributed by atoms with Gasteiger partial charge in [-0.15, -0.1) is 0 Å². The average molecular weight is 308 g/mol. The molecule has 21 heavy (non-hydrogen) atoms. The van der Waals surface area contributed by atoms with Crippen LogP contribution in [-0.2, 0) is 0 Å². The molecule has 1 heterocycles. The lowest BCUT2D eigenvalue weighted by molar-refractivity contribution is -0.384. The van der Waals surface area contributed by atoms with E-state index in [1.54, 1.807) is 13.0 Å². The van der Waals surface area contributed by atoms with Crippen LogP contribution >= 0.6 is 11.6 Å². The zero-order valence-corrected chi connectivity index (χ0v) is 11.6. The van der Waals surface area contributed by atoms with Crippen molar-refractivity contribution in [2.75, 3.05) is 5.43 Å². The summed E-state index contributed by atoms with van der Waals surface area (Å²) in [5, 5.41) is 14.7. The Labute approximate surface area is 123 Å². The van der Waals surface area contributed by atoms with Gasteiger partial charge >= 0.3 is 0 Å². The summed E-state index contributed by atoms with van der Waals surface area (Å²) in [5.74, 6) is 0.180. The lowest BCUT2D eigenvalue weighted by Gasteiger charge is -2.00. The molecule has 0 amide bonds. The van der Waals surface area contributed by atoms with E-state index < -0.39 is 4.92 Å². The molecule has 8 nitrogen and oxygen atoms in total. The largest absolute Gasteiger partial charge is 0.291 e. The number of nitro benzene ring substituents is 1. The number of hydrogen-bond acceptors (Lipinski definition) is 6. The second-order valence-corrected chi connectivity index (χ2v) is 4.48. The zero-order valence-electron chi connectivity index (χ0n) is 10.8. The van der Waals surface area contributed by atoms with Gasteiger partial charge in [0.2, 0.25) is 5.95 Å². The third kappa shape index (κ3) is 3.86. The van der Waals surface area contributed by atoms with Gasteiger partial charge in [-0.2, -0.15) is 5.10 Å². The molecule has 0 aliphatic carbocycles. The van der Waals surface area contributed by atoms with E-state index in [-0.39, 0.29) is 22.2 Å². The lowest BCUT2D eigenvalue weighted by atomic mass is 10.2. The first kappa shape index (κ1) is 14.7. The van der Waals surface area contributed by atoms with Gasteiger partial charge in [-0.3, -0.25) is 19.9 Å². The second kappa shape index (κ2) is 6.14. The molecule has 0 bridgehead atoms. The Balaban J connectivity index is 2.16. The van der Waals surface area contributed by atoms with Crippen molar-refractivity contribution in [3.05, 3.63) is 61.0 Å². The summed E-state index contributed by atoms with van der Waals surface area (Å²) in [6, 6.07) is 5.62. The minimum absolute atomic E-state index is 0.0507. The number of nitrogens with one attached hydrogen (secondary N) is 2. The molecule has 0 saturated carbocycles. The fourth-order valence-electron chi connectivity index (χ4n) is 1.55. The number of aryl methyl sites for hydroxylation is 1. The highest BCUT2D eigenvalue weighted by Gasteiger charge is 2.11. The molecule has 1 aromatic heterocycles. The van der Waals surface area contributed by atoms with Gasteiger partial charge < -0.3 is 0 Å². The molecule has 9 heteroatoms. The number of nitro groups is 1. The van der Waals surface area contributed by atoms with Crippen molar-refractivity contribution in [1.29, 1.82) is 0 Å². The van der Waals surface area contributed by atoms with Gasteiger partial charge in [0.1, 0.15) is 5.02 Å². The molecular weight excluding hydrogens is 298 g/mol. The third-order valence-electron chi connectivity index (χ3n) is 2.42. The van der Waals surface area contributed by atoms with Crippen LogP contribution in [0.15, 0.2) is 34.2 Å². The zero-order chi connectivity index (χ0) is 15.4. The van der Waals surface area contributed by atoms with Crippen molar-refractivity contribution in [2.24, 2.45) is 5.10 Å². The minimum Gasteiger partial charge on any atom is -0.291 e. The first-order valence-electron chi connectivity index (χ1n) is 5.76. The molecule has 0 saturated heterocycles. The standard InChI is InChI=1S/C12H10ClN5O3/c1-7-4-11(19)16-12(15-7)17-14-6-8-2-3-9(13)10(5-8)18(20)21/h2-6H,1H3,(H2,15,16,17,19)/b14-6+. The first-order chi connectivity index (χ1) is 9.95. The number of aromatic amines is 1. The van der Waals surface area contributed by atoms with Crippen LogP contribution in [-0.4, -0.2) is 21.1 Å². The van der Waals surface area contributed by atoms with Gasteiger partial charge in [-0.1, -0.05) is 17.7 Å². The number of rotatable bonds is 4. The SMILES string of the molecule is Cc1cc(=O)[nH]c(N/N=C/c2ccc(Cl)c([N+](=O)[O-])c2)n1. The Morgan fingerprint density at radius 2 is 2.24 bits per heavy atom. The monoisotopic (exact) mass is 307 g/mol. The Bertz CT molecular complexity index is 772. The number of benzene rings is 1. The van der Waals surface area contributed by atoms with Crippen LogP contribution in [0.3, 0.4) is 0 Å². The molecule has 0 atom stereocenters. The minimum atomic E-state index is -0.577. The summed E-state index contributed by atoms with van der Waals surface area (Å²) < 4.78 is 0. The summed E-state index contributed by atoms with van der Waals surface area (Å²) in [6.45, 7) is 1.67. The van der Waals surface area contributed by atoms with Gasteiger partial charge in [-0.25, -0.2) is 10.4 Å². The fourth-order valence-corrected chi connectivity index (χ4v) is 1.74. The normalized spacial score (nSPS) is 10.8. The molecular formula is C12H10ClN5O3. The number of H-pyrrole nitrogens is 1. The number of hydrazone groups is 1. The van der Waals surface area contributed by atoms with Gasteiger partial charge in [-0.05, 0) is 13.0 Å². The topological polar surface area (TPSA) is 113 Å². The molecule has 2 rings (SSSR count). The maximum absolute atomic E-state index is 11.2. The fraction of sp³-hybridized carbons (Fsp3) is 0.0833. The summed E-state index contributed by atoms with van der Waals surface area (Å²) in [6.07, 6.45) is 1.35. The number of hydrogen-bond donors (Lipinski definition) is 2. The predicted molar refractivity (Wildman–Crippen MR) is 78.9 cm³/mol. The van der Waals surface area contributed by atoms with Crippen LogP contribution < -0.4 is 11.0 Å². The van der Waals surface area contributed by atoms with Crippen molar-refractivity contribution in [2.45, 2.75) is 6.92 Å². The van der Waals surface area contributed by atoms with Crippen molar-refractivity contribution in [3.8, 4) is 0 Å². The van der Waals surface area contributed by atoms with Gasteiger partial charge in [0.05, 0.1) is 11.1 Å². The van der Waals surface area contributed by atoms with Gasteiger partial charge in [0.25, 0.3) is 11.2 Å². The Kier molecular flexibility index (Phi) is 4.29. The molecule has 1 aromatic carbocycles. The van der Waals surface area contributed by atoms with E-state index in [0.29, 0.717) is 11.3 Å². The van der Waals surface area contributed by atoms with E-state index in [1.165, 1.54) is 24.4 Å². The van der Waals surface area contributed by atoms with Crippen LogP contribution in [0.2, 0.25) is 5.02 Å². The highest BCUT2D eigenvalue weighted by molar-refractivity contribution is 6.32. The highest BCUT2D eigenvalue weighted by Crippen LogP contribution is 2.24. The van der Waals surface area contributed by atoms with E-state index in [4.69, 9.17) is 11.6 Å². The van der Waals surface area contributed by atoms with Crippen LogP contribution in [0.1, 0.15) is 11.3 Å². The maximum Gasteiger partial charge on any atom is 0.288 e. The molecule has 108 valence electrons. The van der Waals surface area contributed by atoms with Crippen LogP contribution in [0.4, 0.5) is 11.6 Å². The van der Waals surface area contributed by atoms with Crippen LogP contribution in [0, 0.1) is 17.0 Å². The second-order valence-electron chi connectivity index (χ2n) is 4.07. The smallest absolute Gasteiger partial charge is 0.288 e. The lowest BCUT2D eigenvalue weighted by Crippen LogP contribution is -2.10. The van der Waals surface area contributed by atoms with Crippen molar-refractivity contribution in [1.82, 2.24) is 9.97 Å². The van der Waals surface area contributed by atoms with E-state index in [0.717, 1.165) is 0 Å². The molecule has 2 N–H and O–H groups in total. The Hall–Kier alpha value is -2.74. The number of nitrogens with zero attached hydrogens (tertiary/aromatic N) is 3. The maximum atomic E-state index is 11.2. The summed E-state index contributed by atoms with van der Waals surface area (Å²) in [5.41, 5.74) is 3.05. The van der Waals surface area contributed by atoms with Gasteiger partial charge in [0, 0.05) is 23.4 Å². The van der Waals surface area contributed by atoms with E-state index in [2.05, 4.69) is 20.5 Å². The van der Waals surface area contributed by atoms with E-state index >= 15 is 0 Å². The molecule has 0 radical (unpaired) electrons. The number of aromatic nitrogens is 2. The van der Waals surface area contributed by atoms with E-state index in [1.807, 2.05) is 0 Å². The predicted octanol–water partition coefficient (Wildman–Crippen LogP) is 2.09. The van der Waals surface area contributed by atoms with Crippen molar-refractivity contribution in [3.63, 3.8) is 0 Å². The third-order valence-corrected chi connectivity index (χ3v) is 2.74. The number of halogens is 1. The summed E-state index contributed by atoms with van der Waals surface area (Å²) in [7, 11) is 0. The first-order valence-corrected chi connectivity index (χ1v) is 6.14. The molecule has 2 aromatic rings.